The first-order chi connectivity index (χ1) is 28.4. The van der Waals surface area contributed by atoms with E-state index in [2.05, 4.69) is 5.32 Å². The highest BCUT2D eigenvalue weighted by Gasteiger charge is 2.60. The number of alkyl halides is 3. The Bertz CT molecular complexity index is 2260. The average Bonchev–Trinajstić information content (AvgIpc) is 3.78. The van der Waals surface area contributed by atoms with Crippen molar-refractivity contribution in [1.82, 2.24) is 20.0 Å². The van der Waals surface area contributed by atoms with Crippen LogP contribution in [0.25, 0.3) is 0 Å². The number of carbonyl (C=O) groups is 7. The first-order valence-electron chi connectivity index (χ1n) is 18.4. The lowest BCUT2D eigenvalue weighted by Crippen LogP contribution is -2.68. The zero-order valence-electron chi connectivity index (χ0n) is 31.1. The summed E-state index contributed by atoms with van der Waals surface area (Å²) in [5, 5.41) is 21.7. The minimum absolute atomic E-state index is 0.0643. The molecule has 3 saturated heterocycles. The van der Waals surface area contributed by atoms with E-state index in [1.54, 1.807) is 12.1 Å². The Kier molecular flexibility index (Phi) is 11.3. The van der Waals surface area contributed by atoms with E-state index in [0.29, 0.717) is 16.0 Å². The number of hydrogen-bond acceptors (Lipinski definition) is 9. The molecule has 3 N–H and O–H groups in total. The van der Waals surface area contributed by atoms with Crippen LogP contribution in [0.3, 0.4) is 0 Å². The van der Waals surface area contributed by atoms with Crippen LogP contribution in [-0.4, -0.2) is 130 Å². The normalized spacial score (nSPS) is 23.0. The zero-order valence-corrected chi connectivity index (χ0v) is 32.6. The van der Waals surface area contributed by atoms with Crippen LogP contribution < -0.4 is 15.0 Å². The number of carboxylic acids is 2. The number of aliphatic carboxylic acids is 2. The summed E-state index contributed by atoms with van der Waals surface area (Å²) in [5.41, 5.74) is -3.83. The summed E-state index contributed by atoms with van der Waals surface area (Å²) in [6.07, 6.45) is -7.93. The van der Waals surface area contributed by atoms with Gasteiger partial charge in [-0.15, -0.1) is 0 Å². The summed E-state index contributed by atoms with van der Waals surface area (Å²) < 4.78 is 54.1. The molecule has 60 heavy (non-hydrogen) atoms. The van der Waals surface area contributed by atoms with Gasteiger partial charge >= 0.3 is 24.2 Å². The van der Waals surface area contributed by atoms with Crippen LogP contribution in [-0.2, 0) is 30.1 Å². The Morgan fingerprint density at radius 1 is 0.900 bits per heavy atom. The molecule has 0 saturated carbocycles. The van der Waals surface area contributed by atoms with Crippen molar-refractivity contribution in [2.24, 2.45) is 5.41 Å². The van der Waals surface area contributed by atoms with Gasteiger partial charge in [0.25, 0.3) is 11.8 Å². The fraction of sp³-hybridized carbons (Fsp3) is 0.359. The smallest absolute Gasteiger partial charge is 0.417 e. The van der Waals surface area contributed by atoms with Crippen molar-refractivity contribution in [3.63, 3.8) is 0 Å². The summed E-state index contributed by atoms with van der Waals surface area (Å²) in [6.45, 7) is -2.92. The van der Waals surface area contributed by atoms with Crippen molar-refractivity contribution in [1.29, 1.82) is 0 Å². The van der Waals surface area contributed by atoms with Crippen LogP contribution in [0.2, 0.25) is 10.0 Å². The van der Waals surface area contributed by atoms with Gasteiger partial charge in [-0.05, 0) is 67.1 Å². The van der Waals surface area contributed by atoms with Gasteiger partial charge in [-0.1, -0.05) is 29.3 Å². The lowest BCUT2D eigenvalue weighted by atomic mass is 9.79. The Hall–Kier alpha value is -6.08. The van der Waals surface area contributed by atoms with Crippen LogP contribution in [0.4, 0.5) is 23.7 Å². The molecular weight excluding hydrogens is 842 g/mol. The van der Waals surface area contributed by atoms with Gasteiger partial charge in [0.15, 0.2) is 5.41 Å². The molecule has 21 heteroatoms. The summed E-state index contributed by atoms with van der Waals surface area (Å²) in [5.74, 6) is -6.09. The Balaban J connectivity index is 1.24. The van der Waals surface area contributed by atoms with Crippen LogP contribution >= 0.6 is 23.2 Å². The predicted molar refractivity (Wildman–Crippen MR) is 203 cm³/mol. The van der Waals surface area contributed by atoms with E-state index in [1.807, 2.05) is 0 Å². The summed E-state index contributed by atoms with van der Waals surface area (Å²) >= 11 is 12.0. The van der Waals surface area contributed by atoms with Crippen LogP contribution in [0.15, 0.2) is 66.7 Å². The Morgan fingerprint density at radius 3 is 2.25 bits per heavy atom. The molecule has 5 amide bonds. The maximum atomic E-state index is 14.3. The topological polar surface area (TPSA) is 203 Å². The van der Waals surface area contributed by atoms with Gasteiger partial charge in [0.2, 0.25) is 11.8 Å². The molecule has 0 radical (unpaired) electrons. The third kappa shape index (κ3) is 8.10. The third-order valence-electron chi connectivity index (χ3n) is 10.9. The minimum Gasteiger partial charge on any atom is -0.491 e. The number of ether oxygens (including phenoxy) is 2. The standard InChI is InChI=1S/C39H34Cl2F3N5O11/c40-22-3-1-2-21(12-22)32(51)45-23-13-25-17-59-26-7-4-20(5-8-26)33(52)47-11-10-29(31(47)34(53)46-18-38(19-46,35(54)55)36(56)57)60-37(58)49(16-30(50)48(25)15-23)24-6-9-28(41)27(14-24)39(42,43)44/h1-9,12,14,23,25,29,31H,10-11,13,15-19H2,(H,45,51)(H,54,55)(H,56,57)/t23-,25+,29+,31+/m1/s1. The highest BCUT2D eigenvalue weighted by Crippen LogP contribution is 2.39. The molecule has 5 aliphatic heterocycles. The van der Waals surface area contributed by atoms with E-state index in [-0.39, 0.29) is 49.4 Å². The Morgan fingerprint density at radius 2 is 1.60 bits per heavy atom. The van der Waals surface area contributed by atoms with Gasteiger partial charge in [0.1, 0.15) is 31.0 Å². The molecule has 16 nitrogen and oxygen atoms in total. The van der Waals surface area contributed by atoms with E-state index in [9.17, 15) is 56.9 Å². The van der Waals surface area contributed by atoms with Crippen LogP contribution in [0.1, 0.15) is 39.1 Å². The first-order valence-corrected chi connectivity index (χ1v) is 19.1. The molecule has 0 aromatic heterocycles. The highest BCUT2D eigenvalue weighted by atomic mass is 35.5. The Labute approximate surface area is 348 Å². The number of likely N-dealkylation sites (tertiary alicyclic amines) is 1. The number of carboxylic acid groups (broad SMARTS) is 2. The van der Waals surface area contributed by atoms with Crippen molar-refractivity contribution in [2.45, 2.75) is 43.2 Å². The van der Waals surface area contributed by atoms with Gasteiger partial charge in [0.05, 0.1) is 16.6 Å². The first kappa shape index (κ1) is 42.1. The minimum atomic E-state index is -5.00. The van der Waals surface area contributed by atoms with Crippen molar-refractivity contribution < 1.29 is 66.4 Å². The van der Waals surface area contributed by atoms with E-state index >= 15 is 0 Å². The fourth-order valence-electron chi connectivity index (χ4n) is 7.73. The molecule has 0 spiro atoms. The summed E-state index contributed by atoms with van der Waals surface area (Å²) in [4.78, 5) is 97.5. The zero-order chi connectivity index (χ0) is 43.3. The van der Waals surface area contributed by atoms with Crippen LogP contribution in [0.5, 0.6) is 5.75 Å². The highest BCUT2D eigenvalue weighted by molar-refractivity contribution is 6.31. The third-order valence-corrected chi connectivity index (χ3v) is 11.5. The molecule has 316 valence electrons. The van der Waals surface area contributed by atoms with E-state index in [1.165, 1.54) is 41.3 Å². The SMILES string of the molecule is O=C(N[C@@H]1C[C@H]2COc3ccc(cc3)C(=O)N3CC[C@H](OC(=O)N(c4ccc(Cl)c(C(F)(F)F)c4)CC(=O)N2C1)[C@H]3C(=O)N1CC(C(=O)O)(C(=O)O)C1)c1cccc(Cl)c1. The second-order valence-electron chi connectivity index (χ2n) is 14.7. The van der Waals surface area contributed by atoms with Gasteiger partial charge in [0, 0.05) is 60.5 Å². The molecule has 0 aliphatic carbocycles. The predicted octanol–water partition coefficient (Wildman–Crippen LogP) is 4.03. The van der Waals surface area contributed by atoms with Gasteiger partial charge in [-0.3, -0.25) is 33.7 Å². The van der Waals surface area contributed by atoms with E-state index in [0.717, 1.165) is 21.9 Å². The van der Waals surface area contributed by atoms with E-state index in [4.69, 9.17) is 32.7 Å². The number of anilines is 1. The van der Waals surface area contributed by atoms with Gasteiger partial charge in [-0.25, -0.2) is 4.79 Å². The molecule has 5 aliphatic rings. The quantitative estimate of drug-likeness (QED) is 0.302. The van der Waals surface area contributed by atoms with Gasteiger partial charge in [-0.2, -0.15) is 13.2 Å². The number of hydrogen-bond donors (Lipinski definition) is 3. The molecule has 4 bridgehead atoms. The average molecular weight is 877 g/mol. The maximum absolute atomic E-state index is 14.3. The molecule has 5 heterocycles. The van der Waals surface area contributed by atoms with Crippen molar-refractivity contribution in [3.8, 4) is 5.75 Å². The monoisotopic (exact) mass is 875 g/mol. The van der Waals surface area contributed by atoms with Crippen molar-refractivity contribution in [2.75, 3.05) is 44.2 Å². The lowest BCUT2D eigenvalue weighted by molar-refractivity contribution is -0.181. The second-order valence-corrected chi connectivity index (χ2v) is 15.6. The molecule has 0 unspecified atom stereocenters. The summed E-state index contributed by atoms with van der Waals surface area (Å²) in [7, 11) is 0. The number of carbonyl (C=O) groups excluding carboxylic acids is 5. The number of benzene rings is 3. The van der Waals surface area contributed by atoms with Gasteiger partial charge < -0.3 is 39.7 Å². The number of fused-ring (bicyclic) bond motifs is 7. The van der Waals surface area contributed by atoms with Crippen molar-refractivity contribution in [3.05, 3.63) is 93.5 Å². The fourth-order valence-corrected chi connectivity index (χ4v) is 8.15. The number of nitrogens with zero attached hydrogens (tertiary/aromatic N) is 4. The molecule has 8 rings (SSSR count). The molecular formula is C39H34Cl2F3N5O11. The number of rotatable bonds is 6. The number of halogens is 5. The number of amides is 5. The summed E-state index contributed by atoms with van der Waals surface area (Å²) in [6, 6.07) is 11.3. The van der Waals surface area contributed by atoms with Crippen molar-refractivity contribution >= 4 is 70.5 Å². The molecule has 3 aromatic carbocycles. The van der Waals surface area contributed by atoms with Crippen LogP contribution in [0, 0.1) is 5.41 Å². The maximum Gasteiger partial charge on any atom is 0.417 e. The largest absolute Gasteiger partial charge is 0.491 e. The molecule has 3 fully saturated rings. The lowest BCUT2D eigenvalue weighted by Gasteiger charge is -2.46. The van der Waals surface area contributed by atoms with E-state index < -0.39 is 113 Å². The number of nitrogens with one attached hydrogen (secondary N) is 1. The molecule has 3 aromatic rings. The molecule has 4 atom stereocenters. The second kappa shape index (κ2) is 16.2.